The van der Waals surface area contributed by atoms with Crippen LogP contribution in [0.25, 0.3) is 0 Å². The van der Waals surface area contributed by atoms with Crippen molar-refractivity contribution >= 4 is 10.0 Å². The van der Waals surface area contributed by atoms with Gasteiger partial charge in [-0.2, -0.15) is 9.40 Å². The van der Waals surface area contributed by atoms with Crippen LogP contribution in [0.1, 0.15) is 12.6 Å². The number of aryl methyl sites for hydroxylation is 1. The number of aromatic amines is 1. The van der Waals surface area contributed by atoms with Crippen LogP contribution >= 0.6 is 0 Å². The molecular weight excluding hydrogens is 294 g/mol. The van der Waals surface area contributed by atoms with Crippen LogP contribution in [0.2, 0.25) is 0 Å². The van der Waals surface area contributed by atoms with Crippen molar-refractivity contribution in [1.82, 2.24) is 24.1 Å². The summed E-state index contributed by atoms with van der Waals surface area (Å²) in [5, 5.41) is 6.80. The summed E-state index contributed by atoms with van der Waals surface area (Å²) >= 11 is 0. The first kappa shape index (κ1) is 14.2. The maximum atomic E-state index is 12.6. The molecule has 1 aliphatic rings. The number of H-pyrrole nitrogens is 1. The number of rotatable bonds is 3. The molecular formula is C12H17N5O3S. The lowest BCUT2D eigenvalue weighted by Gasteiger charge is -2.38. The fourth-order valence-electron chi connectivity index (χ4n) is 2.41. The number of nitrogens with one attached hydrogen (secondary N) is 1. The minimum atomic E-state index is -3.62. The van der Waals surface area contributed by atoms with Crippen molar-refractivity contribution in [2.75, 3.05) is 19.7 Å². The summed E-state index contributed by atoms with van der Waals surface area (Å²) in [6.45, 7) is 2.69. The van der Waals surface area contributed by atoms with E-state index in [-0.39, 0.29) is 11.6 Å². The van der Waals surface area contributed by atoms with Gasteiger partial charge in [0.1, 0.15) is 5.60 Å². The van der Waals surface area contributed by atoms with Crippen molar-refractivity contribution in [1.29, 1.82) is 0 Å². The molecule has 1 atom stereocenters. The fraction of sp³-hybridized carbons (Fsp3) is 0.500. The molecule has 0 saturated carbocycles. The zero-order valence-corrected chi connectivity index (χ0v) is 12.7. The van der Waals surface area contributed by atoms with Gasteiger partial charge in [-0.15, -0.1) is 0 Å². The summed E-state index contributed by atoms with van der Waals surface area (Å²) in [7, 11) is -1.88. The van der Waals surface area contributed by atoms with Crippen molar-refractivity contribution in [3.05, 3.63) is 30.5 Å². The summed E-state index contributed by atoms with van der Waals surface area (Å²) in [4.78, 5) is 3.95. The number of nitrogens with zero attached hydrogens (tertiary/aromatic N) is 4. The van der Waals surface area contributed by atoms with E-state index in [1.807, 2.05) is 6.92 Å². The molecule has 1 saturated heterocycles. The van der Waals surface area contributed by atoms with E-state index in [1.54, 1.807) is 23.9 Å². The van der Waals surface area contributed by atoms with Crippen molar-refractivity contribution in [3.8, 4) is 0 Å². The predicted molar refractivity (Wildman–Crippen MR) is 73.9 cm³/mol. The molecule has 0 amide bonds. The van der Waals surface area contributed by atoms with Crippen LogP contribution in [-0.4, -0.2) is 52.2 Å². The van der Waals surface area contributed by atoms with Crippen LogP contribution in [0.15, 0.2) is 29.8 Å². The van der Waals surface area contributed by atoms with Crippen LogP contribution in [0, 0.1) is 0 Å². The lowest BCUT2D eigenvalue weighted by molar-refractivity contribution is -0.0847. The summed E-state index contributed by atoms with van der Waals surface area (Å²) in [5.74, 6) is 0. The normalized spacial score (nSPS) is 24.3. The maximum absolute atomic E-state index is 12.6. The Labute approximate surface area is 122 Å². The topological polar surface area (TPSA) is 93.1 Å². The first-order valence-electron chi connectivity index (χ1n) is 6.54. The standard InChI is InChI=1S/C12H17N5O3S/c1-12(10-3-4-14-15-10)8-17(5-6-20-12)21(18,19)11-7-16(2)9-13-11/h3-4,7,9H,5-6,8H2,1-2H3,(H,14,15)/t12-/m0/s1. The molecule has 8 nitrogen and oxygen atoms in total. The van der Waals surface area contributed by atoms with E-state index < -0.39 is 15.6 Å². The molecule has 1 aliphatic heterocycles. The van der Waals surface area contributed by atoms with E-state index in [0.717, 1.165) is 5.69 Å². The fourth-order valence-corrected chi connectivity index (χ4v) is 3.88. The molecule has 9 heteroatoms. The lowest BCUT2D eigenvalue weighted by Crippen LogP contribution is -2.50. The summed E-state index contributed by atoms with van der Waals surface area (Å²) < 4.78 is 34.0. The second-order valence-corrected chi connectivity index (χ2v) is 7.15. The Balaban J connectivity index is 1.90. The summed E-state index contributed by atoms with van der Waals surface area (Å²) in [6, 6.07) is 1.79. The predicted octanol–water partition coefficient (Wildman–Crippen LogP) is 0.0795. The average Bonchev–Trinajstić information content (AvgIpc) is 3.10. The maximum Gasteiger partial charge on any atom is 0.262 e. The average molecular weight is 311 g/mol. The van der Waals surface area contributed by atoms with Gasteiger partial charge in [0.2, 0.25) is 0 Å². The minimum Gasteiger partial charge on any atom is -0.366 e. The highest BCUT2D eigenvalue weighted by Gasteiger charge is 2.40. The number of ether oxygens (including phenoxy) is 1. The summed E-state index contributed by atoms with van der Waals surface area (Å²) in [5.41, 5.74) is 0.0137. The van der Waals surface area contributed by atoms with Crippen LogP contribution in [0.3, 0.4) is 0 Å². The van der Waals surface area contributed by atoms with E-state index >= 15 is 0 Å². The van der Waals surface area contributed by atoms with Gasteiger partial charge in [-0.25, -0.2) is 13.4 Å². The zero-order valence-electron chi connectivity index (χ0n) is 11.9. The molecule has 3 heterocycles. The Morgan fingerprint density at radius 1 is 1.48 bits per heavy atom. The Kier molecular flexibility index (Phi) is 3.34. The molecule has 3 rings (SSSR count). The van der Waals surface area contributed by atoms with Crippen molar-refractivity contribution in [3.63, 3.8) is 0 Å². The van der Waals surface area contributed by atoms with E-state index in [0.29, 0.717) is 13.2 Å². The molecule has 0 unspecified atom stereocenters. The van der Waals surface area contributed by atoms with Gasteiger partial charge in [0.25, 0.3) is 10.0 Å². The Morgan fingerprint density at radius 3 is 2.90 bits per heavy atom. The molecule has 0 radical (unpaired) electrons. The van der Waals surface area contributed by atoms with Crippen molar-refractivity contribution in [2.24, 2.45) is 7.05 Å². The highest BCUT2D eigenvalue weighted by atomic mass is 32.2. The van der Waals surface area contributed by atoms with Gasteiger partial charge in [0.15, 0.2) is 5.03 Å². The molecule has 2 aromatic heterocycles. The van der Waals surface area contributed by atoms with Gasteiger partial charge in [0, 0.05) is 32.5 Å². The Morgan fingerprint density at radius 2 is 2.29 bits per heavy atom. The number of imidazole rings is 1. The third-order valence-corrected chi connectivity index (χ3v) is 5.33. The second kappa shape index (κ2) is 4.93. The molecule has 114 valence electrons. The smallest absolute Gasteiger partial charge is 0.262 e. The molecule has 1 fully saturated rings. The molecule has 21 heavy (non-hydrogen) atoms. The largest absolute Gasteiger partial charge is 0.366 e. The Bertz CT molecular complexity index is 724. The highest BCUT2D eigenvalue weighted by molar-refractivity contribution is 7.89. The molecule has 0 aliphatic carbocycles. The van der Waals surface area contributed by atoms with Gasteiger partial charge in [0.05, 0.1) is 18.6 Å². The molecule has 1 N–H and O–H groups in total. The van der Waals surface area contributed by atoms with Gasteiger partial charge >= 0.3 is 0 Å². The van der Waals surface area contributed by atoms with Gasteiger partial charge in [-0.05, 0) is 13.0 Å². The number of morpholine rings is 1. The van der Waals surface area contributed by atoms with Crippen LogP contribution < -0.4 is 0 Å². The SMILES string of the molecule is Cn1cnc(S(=O)(=O)N2CCO[C@](C)(c3ccn[nH]3)C2)c1. The lowest BCUT2D eigenvalue weighted by atomic mass is 10.0. The molecule has 0 bridgehead atoms. The number of aromatic nitrogens is 4. The van der Waals surface area contributed by atoms with Crippen LogP contribution in [-0.2, 0) is 27.4 Å². The van der Waals surface area contributed by atoms with Gasteiger partial charge in [-0.3, -0.25) is 5.10 Å². The van der Waals surface area contributed by atoms with Crippen molar-refractivity contribution < 1.29 is 13.2 Å². The monoisotopic (exact) mass is 311 g/mol. The van der Waals surface area contributed by atoms with Gasteiger partial charge < -0.3 is 9.30 Å². The molecule has 0 spiro atoms. The van der Waals surface area contributed by atoms with Crippen LogP contribution in [0.5, 0.6) is 0 Å². The van der Waals surface area contributed by atoms with E-state index in [2.05, 4.69) is 15.2 Å². The Hall–Kier alpha value is -1.71. The third kappa shape index (κ3) is 2.47. The van der Waals surface area contributed by atoms with E-state index in [1.165, 1.54) is 16.8 Å². The first-order chi connectivity index (χ1) is 9.92. The summed E-state index contributed by atoms with van der Waals surface area (Å²) in [6.07, 6.45) is 4.59. The molecule has 0 aromatic carbocycles. The second-order valence-electron chi connectivity index (χ2n) is 5.27. The van der Waals surface area contributed by atoms with E-state index in [4.69, 9.17) is 4.74 Å². The number of hydrogen-bond donors (Lipinski definition) is 1. The quantitative estimate of drug-likeness (QED) is 0.866. The molecule has 2 aromatic rings. The van der Waals surface area contributed by atoms with Crippen molar-refractivity contribution in [2.45, 2.75) is 17.6 Å². The van der Waals surface area contributed by atoms with Gasteiger partial charge in [-0.1, -0.05) is 0 Å². The minimum absolute atomic E-state index is 0.0545. The van der Waals surface area contributed by atoms with Crippen LogP contribution in [0.4, 0.5) is 0 Å². The number of sulfonamides is 1. The number of hydrogen-bond acceptors (Lipinski definition) is 5. The third-order valence-electron chi connectivity index (χ3n) is 3.60. The zero-order chi connectivity index (χ0) is 15.1. The first-order valence-corrected chi connectivity index (χ1v) is 7.98. The van der Waals surface area contributed by atoms with E-state index in [9.17, 15) is 8.42 Å². The highest BCUT2D eigenvalue weighted by Crippen LogP contribution is 2.30.